The van der Waals surface area contributed by atoms with E-state index in [1.165, 1.54) is 0 Å². The molecule has 2 aromatic heterocycles. The number of carbonyl (C=O) groups is 2. The SMILES string of the molecule is CCC(=O)Nc1cc(C(=O)NCc2nc3ccccc3n2Cc2ccccc2)nn1-c1ccccc1. The van der Waals surface area contributed by atoms with Crippen LogP contribution in [0.2, 0.25) is 0 Å². The van der Waals surface area contributed by atoms with Crippen molar-refractivity contribution in [3.63, 3.8) is 0 Å². The summed E-state index contributed by atoms with van der Waals surface area (Å²) in [6.45, 7) is 2.64. The Kier molecular flexibility index (Phi) is 6.57. The molecule has 0 aliphatic heterocycles. The summed E-state index contributed by atoms with van der Waals surface area (Å²) in [5, 5.41) is 10.3. The molecule has 8 heteroatoms. The summed E-state index contributed by atoms with van der Waals surface area (Å²) >= 11 is 0. The molecule has 180 valence electrons. The fourth-order valence-electron chi connectivity index (χ4n) is 4.03. The van der Waals surface area contributed by atoms with Crippen LogP contribution in [0.5, 0.6) is 0 Å². The average Bonchev–Trinajstić information content (AvgIpc) is 3.50. The highest BCUT2D eigenvalue weighted by atomic mass is 16.2. The van der Waals surface area contributed by atoms with E-state index in [1.807, 2.05) is 72.8 Å². The van der Waals surface area contributed by atoms with Crippen molar-refractivity contribution in [3.05, 3.63) is 108 Å². The van der Waals surface area contributed by atoms with Gasteiger partial charge in [-0.2, -0.15) is 5.10 Å². The molecule has 8 nitrogen and oxygen atoms in total. The third-order valence-corrected chi connectivity index (χ3v) is 5.86. The molecule has 0 saturated carbocycles. The van der Waals surface area contributed by atoms with Crippen LogP contribution in [0.1, 0.15) is 35.2 Å². The zero-order chi connectivity index (χ0) is 24.9. The minimum Gasteiger partial charge on any atom is -0.343 e. The third-order valence-electron chi connectivity index (χ3n) is 5.86. The van der Waals surface area contributed by atoms with Crippen molar-refractivity contribution < 1.29 is 9.59 Å². The quantitative estimate of drug-likeness (QED) is 0.342. The summed E-state index contributed by atoms with van der Waals surface area (Å²) in [7, 11) is 0. The Morgan fingerprint density at radius 1 is 0.889 bits per heavy atom. The predicted molar refractivity (Wildman–Crippen MR) is 139 cm³/mol. The van der Waals surface area contributed by atoms with Crippen molar-refractivity contribution in [1.82, 2.24) is 24.6 Å². The first-order valence-electron chi connectivity index (χ1n) is 11.8. The molecular formula is C28H26N6O2. The van der Waals surface area contributed by atoms with E-state index < -0.39 is 0 Å². The monoisotopic (exact) mass is 478 g/mol. The zero-order valence-corrected chi connectivity index (χ0v) is 19.9. The van der Waals surface area contributed by atoms with Gasteiger partial charge in [0.25, 0.3) is 5.91 Å². The number of aromatic nitrogens is 4. The van der Waals surface area contributed by atoms with Gasteiger partial charge in [0.05, 0.1) is 23.3 Å². The number of nitrogens with one attached hydrogen (secondary N) is 2. The van der Waals surface area contributed by atoms with Crippen LogP contribution in [0.15, 0.2) is 91.0 Å². The summed E-state index contributed by atoms with van der Waals surface area (Å²) < 4.78 is 3.67. The average molecular weight is 479 g/mol. The minimum atomic E-state index is -0.352. The maximum absolute atomic E-state index is 13.1. The lowest BCUT2D eigenvalue weighted by molar-refractivity contribution is -0.115. The summed E-state index contributed by atoms with van der Waals surface area (Å²) in [5.41, 5.74) is 3.97. The zero-order valence-electron chi connectivity index (χ0n) is 19.9. The van der Waals surface area contributed by atoms with E-state index in [-0.39, 0.29) is 24.1 Å². The van der Waals surface area contributed by atoms with Crippen molar-refractivity contribution in [2.24, 2.45) is 0 Å². The molecule has 0 aliphatic rings. The number of hydrogen-bond acceptors (Lipinski definition) is 4. The first-order valence-corrected chi connectivity index (χ1v) is 11.8. The molecule has 0 spiro atoms. The van der Waals surface area contributed by atoms with E-state index in [2.05, 4.69) is 32.4 Å². The van der Waals surface area contributed by atoms with Gasteiger partial charge >= 0.3 is 0 Å². The van der Waals surface area contributed by atoms with E-state index in [0.29, 0.717) is 18.8 Å². The molecule has 3 aromatic carbocycles. The fourth-order valence-corrected chi connectivity index (χ4v) is 4.03. The van der Waals surface area contributed by atoms with Gasteiger partial charge in [-0.15, -0.1) is 0 Å². The second-order valence-electron chi connectivity index (χ2n) is 8.34. The van der Waals surface area contributed by atoms with Gasteiger partial charge in [0.1, 0.15) is 11.6 Å². The largest absolute Gasteiger partial charge is 0.343 e. The molecule has 36 heavy (non-hydrogen) atoms. The number of benzene rings is 3. The topological polar surface area (TPSA) is 93.8 Å². The van der Waals surface area contributed by atoms with E-state index in [9.17, 15) is 9.59 Å². The van der Waals surface area contributed by atoms with Crippen LogP contribution in [0.4, 0.5) is 5.82 Å². The molecule has 2 heterocycles. The molecule has 5 aromatic rings. The first-order chi connectivity index (χ1) is 17.6. The second-order valence-corrected chi connectivity index (χ2v) is 8.34. The van der Waals surface area contributed by atoms with E-state index >= 15 is 0 Å². The van der Waals surface area contributed by atoms with Gasteiger partial charge < -0.3 is 15.2 Å². The van der Waals surface area contributed by atoms with Gasteiger partial charge in [0.15, 0.2) is 5.69 Å². The van der Waals surface area contributed by atoms with Gasteiger partial charge in [-0.1, -0.05) is 67.6 Å². The lowest BCUT2D eigenvalue weighted by atomic mass is 10.2. The summed E-state index contributed by atoms with van der Waals surface area (Å²) in [5.74, 6) is 0.675. The molecule has 0 saturated heterocycles. The number of para-hydroxylation sites is 3. The molecule has 0 aliphatic carbocycles. The number of hydrogen-bond donors (Lipinski definition) is 2. The molecule has 0 radical (unpaired) electrons. The standard InChI is InChI=1S/C28H26N6O2/c1-2-27(35)31-25-17-23(32-34(25)21-13-7-4-8-14-21)28(36)29-18-26-30-22-15-9-10-16-24(22)33(26)19-20-11-5-3-6-12-20/h3-17H,2,18-19H2,1H3,(H,29,36)(H,31,35). The Morgan fingerprint density at radius 2 is 1.58 bits per heavy atom. The number of carbonyl (C=O) groups excluding carboxylic acids is 2. The summed E-state index contributed by atoms with van der Waals surface area (Å²) in [6.07, 6.45) is 0.319. The second kappa shape index (κ2) is 10.3. The van der Waals surface area contributed by atoms with Crippen molar-refractivity contribution in [2.45, 2.75) is 26.4 Å². The number of rotatable bonds is 8. The maximum Gasteiger partial charge on any atom is 0.272 e. The Hall–Kier alpha value is -4.72. The fraction of sp³-hybridized carbons (Fsp3) is 0.143. The number of amides is 2. The van der Waals surface area contributed by atoms with Gasteiger partial charge in [-0.3, -0.25) is 9.59 Å². The van der Waals surface area contributed by atoms with Crippen molar-refractivity contribution >= 4 is 28.7 Å². The lowest BCUT2D eigenvalue weighted by Gasteiger charge is -2.10. The van der Waals surface area contributed by atoms with E-state index in [1.54, 1.807) is 17.7 Å². The Balaban J connectivity index is 1.40. The van der Waals surface area contributed by atoms with Crippen LogP contribution in [0, 0.1) is 0 Å². The highest BCUT2D eigenvalue weighted by molar-refractivity contribution is 5.95. The number of imidazole rings is 1. The van der Waals surface area contributed by atoms with E-state index in [4.69, 9.17) is 4.98 Å². The summed E-state index contributed by atoms with van der Waals surface area (Å²) in [6, 6.07) is 29.0. The van der Waals surface area contributed by atoms with Crippen molar-refractivity contribution in [3.8, 4) is 5.69 Å². The van der Waals surface area contributed by atoms with Crippen LogP contribution in [-0.2, 0) is 17.9 Å². The Bertz CT molecular complexity index is 1510. The smallest absolute Gasteiger partial charge is 0.272 e. The van der Waals surface area contributed by atoms with Crippen molar-refractivity contribution in [2.75, 3.05) is 5.32 Å². The lowest BCUT2D eigenvalue weighted by Crippen LogP contribution is -2.25. The molecule has 0 bridgehead atoms. The highest BCUT2D eigenvalue weighted by Gasteiger charge is 2.18. The molecule has 5 rings (SSSR count). The van der Waals surface area contributed by atoms with Crippen LogP contribution in [-0.4, -0.2) is 31.1 Å². The van der Waals surface area contributed by atoms with Gasteiger partial charge in [-0.25, -0.2) is 9.67 Å². The number of anilines is 1. The van der Waals surface area contributed by atoms with Gasteiger partial charge in [-0.05, 0) is 29.8 Å². The third kappa shape index (κ3) is 4.88. The predicted octanol–water partition coefficient (Wildman–Crippen LogP) is 4.55. The molecule has 2 N–H and O–H groups in total. The Morgan fingerprint density at radius 3 is 2.33 bits per heavy atom. The van der Waals surface area contributed by atoms with Crippen LogP contribution >= 0.6 is 0 Å². The molecular weight excluding hydrogens is 452 g/mol. The number of fused-ring (bicyclic) bond motifs is 1. The first kappa shape index (κ1) is 23.0. The van der Waals surface area contributed by atoms with Crippen molar-refractivity contribution in [1.29, 1.82) is 0 Å². The normalized spacial score (nSPS) is 10.9. The molecule has 2 amide bonds. The molecule has 0 fully saturated rings. The van der Waals surface area contributed by atoms with Crippen LogP contribution in [0.3, 0.4) is 0 Å². The van der Waals surface area contributed by atoms with Crippen LogP contribution in [0.25, 0.3) is 16.7 Å². The summed E-state index contributed by atoms with van der Waals surface area (Å²) in [4.78, 5) is 29.9. The van der Waals surface area contributed by atoms with Crippen LogP contribution < -0.4 is 10.6 Å². The highest BCUT2D eigenvalue weighted by Crippen LogP contribution is 2.20. The number of nitrogens with zero attached hydrogens (tertiary/aromatic N) is 4. The molecule has 0 atom stereocenters. The molecule has 0 unspecified atom stereocenters. The van der Waals surface area contributed by atoms with Gasteiger partial charge in [0, 0.05) is 19.0 Å². The van der Waals surface area contributed by atoms with Gasteiger partial charge in [0.2, 0.25) is 5.91 Å². The van der Waals surface area contributed by atoms with E-state index in [0.717, 1.165) is 28.1 Å². The Labute approximate surface area is 208 Å². The minimum absolute atomic E-state index is 0.159. The maximum atomic E-state index is 13.1.